The molecule has 0 unspecified atom stereocenters. The topological polar surface area (TPSA) is 59.8 Å². The van der Waals surface area contributed by atoms with E-state index in [1.807, 2.05) is 38.1 Å². The van der Waals surface area contributed by atoms with Crippen LogP contribution in [-0.2, 0) is 11.2 Å². The van der Waals surface area contributed by atoms with Gasteiger partial charge in [-0.1, -0.05) is 30.0 Å². The highest BCUT2D eigenvalue weighted by atomic mass is 32.2. The molecule has 1 aromatic carbocycles. The predicted molar refractivity (Wildman–Crippen MR) is 111 cm³/mol. The number of hydrogen-bond donors (Lipinski definition) is 1. The van der Waals surface area contributed by atoms with Crippen LogP contribution < -0.4 is 5.32 Å². The van der Waals surface area contributed by atoms with E-state index in [4.69, 9.17) is 0 Å². The summed E-state index contributed by atoms with van der Waals surface area (Å²) in [6, 6.07) is 12.5. The van der Waals surface area contributed by atoms with Crippen molar-refractivity contribution >= 4 is 34.7 Å². The number of nitrogens with zero attached hydrogens (tertiary/aromatic N) is 3. The van der Waals surface area contributed by atoms with Crippen LogP contribution in [0.3, 0.4) is 0 Å². The van der Waals surface area contributed by atoms with E-state index in [2.05, 4.69) is 37.6 Å². The number of hydrogen-bond acceptors (Lipinski definition) is 5. The van der Waals surface area contributed by atoms with Crippen LogP contribution in [0.4, 0.5) is 5.69 Å². The van der Waals surface area contributed by atoms with E-state index in [1.165, 1.54) is 16.6 Å². The lowest BCUT2D eigenvalue weighted by Gasteiger charge is -2.13. The lowest BCUT2D eigenvalue weighted by atomic mass is 10.2. The predicted octanol–water partition coefficient (Wildman–Crippen LogP) is 4.69. The molecule has 1 fully saturated rings. The molecule has 5 nitrogen and oxygen atoms in total. The molecule has 27 heavy (non-hydrogen) atoms. The van der Waals surface area contributed by atoms with Crippen molar-refractivity contribution in [3.05, 3.63) is 58.0 Å². The summed E-state index contributed by atoms with van der Waals surface area (Å²) in [6.45, 7) is 3.93. The molecule has 1 N–H and O–H groups in total. The Balaban J connectivity index is 1.46. The molecular formula is C20H22N4OS2. The largest absolute Gasteiger partial charge is 0.325 e. The van der Waals surface area contributed by atoms with Crippen LogP contribution in [0.1, 0.15) is 42.1 Å². The van der Waals surface area contributed by atoms with Crippen molar-refractivity contribution in [2.24, 2.45) is 0 Å². The van der Waals surface area contributed by atoms with Gasteiger partial charge in [0, 0.05) is 23.0 Å². The standard InChI is InChI=1S/C20H22N4OS2/c1-13-5-3-6-15(11-13)21-19(25)14(2)27-20-23-22-18(24(20)16-8-9-16)12-17-7-4-10-26-17/h3-7,10-11,14,16H,8-9,12H2,1-2H3,(H,21,25)/t14-/m0/s1. The first-order chi connectivity index (χ1) is 13.1. The van der Waals surface area contributed by atoms with E-state index in [0.717, 1.165) is 41.5 Å². The first kappa shape index (κ1) is 18.3. The van der Waals surface area contributed by atoms with Gasteiger partial charge < -0.3 is 9.88 Å². The van der Waals surface area contributed by atoms with Crippen LogP contribution in [0.15, 0.2) is 46.9 Å². The second kappa shape index (κ2) is 7.86. The molecule has 1 amide bonds. The lowest BCUT2D eigenvalue weighted by molar-refractivity contribution is -0.115. The quantitative estimate of drug-likeness (QED) is 0.587. The van der Waals surface area contributed by atoms with Crippen molar-refractivity contribution in [2.45, 2.75) is 49.6 Å². The van der Waals surface area contributed by atoms with Crippen molar-refractivity contribution in [2.75, 3.05) is 5.32 Å². The Bertz CT molecular complexity index is 931. The number of carbonyl (C=O) groups excluding carboxylic acids is 1. The molecule has 1 atom stereocenters. The minimum Gasteiger partial charge on any atom is -0.325 e. The number of thiophene rings is 1. The maximum Gasteiger partial charge on any atom is 0.237 e. The van der Waals surface area contributed by atoms with Crippen LogP contribution in [0.5, 0.6) is 0 Å². The summed E-state index contributed by atoms with van der Waals surface area (Å²) in [6.07, 6.45) is 3.12. The third-order valence-corrected chi connectivity index (χ3v) is 6.43. The highest BCUT2D eigenvalue weighted by molar-refractivity contribution is 8.00. The van der Waals surface area contributed by atoms with Crippen molar-refractivity contribution in [1.82, 2.24) is 14.8 Å². The smallest absolute Gasteiger partial charge is 0.237 e. The average Bonchev–Trinajstić information content (AvgIpc) is 3.19. The lowest BCUT2D eigenvalue weighted by Crippen LogP contribution is -2.23. The fourth-order valence-corrected chi connectivity index (χ4v) is 4.59. The maximum atomic E-state index is 12.6. The Labute approximate surface area is 167 Å². The highest BCUT2D eigenvalue weighted by Crippen LogP contribution is 2.40. The molecule has 0 saturated heterocycles. The fourth-order valence-electron chi connectivity index (χ4n) is 2.96. The normalized spacial score (nSPS) is 14.9. The summed E-state index contributed by atoms with van der Waals surface area (Å²) < 4.78 is 2.24. The second-order valence-electron chi connectivity index (χ2n) is 6.87. The van der Waals surface area contributed by atoms with Gasteiger partial charge in [0.1, 0.15) is 5.82 Å². The van der Waals surface area contributed by atoms with Gasteiger partial charge in [-0.05, 0) is 55.8 Å². The Morgan fingerprint density at radius 2 is 2.19 bits per heavy atom. The average molecular weight is 399 g/mol. The van der Waals surface area contributed by atoms with Crippen molar-refractivity contribution < 1.29 is 4.79 Å². The van der Waals surface area contributed by atoms with Crippen molar-refractivity contribution in [3.8, 4) is 0 Å². The minimum atomic E-state index is -0.248. The first-order valence-electron chi connectivity index (χ1n) is 9.10. The van der Waals surface area contributed by atoms with Gasteiger partial charge in [0.2, 0.25) is 5.91 Å². The Morgan fingerprint density at radius 3 is 2.89 bits per heavy atom. The van der Waals surface area contributed by atoms with Crippen LogP contribution in [-0.4, -0.2) is 25.9 Å². The number of amides is 1. The number of aromatic nitrogens is 3. The van der Waals surface area contributed by atoms with E-state index in [9.17, 15) is 4.79 Å². The van der Waals surface area contributed by atoms with Gasteiger partial charge in [0.15, 0.2) is 5.16 Å². The number of nitrogens with one attached hydrogen (secondary N) is 1. The number of carbonyl (C=O) groups is 1. The second-order valence-corrected chi connectivity index (χ2v) is 9.22. The Kier molecular flexibility index (Phi) is 5.31. The van der Waals surface area contributed by atoms with Gasteiger partial charge in [-0.2, -0.15) is 0 Å². The summed E-state index contributed by atoms with van der Waals surface area (Å²) in [7, 11) is 0. The van der Waals surface area contributed by atoms with Crippen molar-refractivity contribution in [1.29, 1.82) is 0 Å². The molecule has 0 radical (unpaired) electrons. The Hall–Kier alpha value is -2.12. The van der Waals surface area contributed by atoms with E-state index in [1.54, 1.807) is 11.3 Å². The van der Waals surface area contributed by atoms with Crippen LogP contribution in [0, 0.1) is 6.92 Å². The van der Waals surface area contributed by atoms with Gasteiger partial charge in [-0.3, -0.25) is 4.79 Å². The van der Waals surface area contributed by atoms with E-state index in [0.29, 0.717) is 6.04 Å². The number of aryl methyl sites for hydroxylation is 1. The molecule has 3 aromatic rings. The molecule has 0 bridgehead atoms. The van der Waals surface area contributed by atoms with E-state index in [-0.39, 0.29) is 11.2 Å². The highest BCUT2D eigenvalue weighted by Gasteiger charge is 2.31. The third kappa shape index (κ3) is 4.42. The number of rotatable bonds is 7. The summed E-state index contributed by atoms with van der Waals surface area (Å²) >= 11 is 3.22. The fraction of sp³-hybridized carbons (Fsp3) is 0.350. The SMILES string of the molecule is Cc1cccc(NC(=O)[C@H](C)Sc2nnc(Cc3cccs3)n2C2CC2)c1. The van der Waals surface area contributed by atoms with Crippen LogP contribution in [0.25, 0.3) is 0 Å². The molecule has 0 aliphatic heterocycles. The molecule has 2 heterocycles. The molecule has 1 aliphatic carbocycles. The van der Waals surface area contributed by atoms with Gasteiger partial charge >= 0.3 is 0 Å². The Morgan fingerprint density at radius 1 is 1.33 bits per heavy atom. The van der Waals surface area contributed by atoms with E-state index < -0.39 is 0 Å². The zero-order valence-electron chi connectivity index (χ0n) is 15.4. The van der Waals surface area contributed by atoms with Gasteiger partial charge in [0.05, 0.1) is 5.25 Å². The number of anilines is 1. The molecule has 1 aliphatic rings. The van der Waals surface area contributed by atoms with Gasteiger partial charge in [-0.25, -0.2) is 0 Å². The zero-order valence-corrected chi connectivity index (χ0v) is 17.0. The van der Waals surface area contributed by atoms with Crippen LogP contribution >= 0.6 is 23.1 Å². The molecule has 0 spiro atoms. The molecular weight excluding hydrogens is 376 g/mol. The van der Waals surface area contributed by atoms with Gasteiger partial charge in [0.25, 0.3) is 0 Å². The molecule has 4 rings (SSSR count). The third-order valence-electron chi connectivity index (χ3n) is 4.50. The molecule has 140 valence electrons. The zero-order chi connectivity index (χ0) is 18.8. The number of thioether (sulfide) groups is 1. The maximum absolute atomic E-state index is 12.6. The summed E-state index contributed by atoms with van der Waals surface area (Å²) in [5, 5.41) is 14.5. The molecule has 1 saturated carbocycles. The van der Waals surface area contributed by atoms with E-state index >= 15 is 0 Å². The minimum absolute atomic E-state index is 0.0178. The van der Waals surface area contributed by atoms with Crippen molar-refractivity contribution in [3.63, 3.8) is 0 Å². The van der Waals surface area contributed by atoms with Gasteiger partial charge in [-0.15, -0.1) is 21.5 Å². The summed E-state index contributed by atoms with van der Waals surface area (Å²) in [5.41, 5.74) is 1.95. The number of benzene rings is 1. The molecule has 2 aromatic heterocycles. The van der Waals surface area contributed by atoms with Crippen LogP contribution in [0.2, 0.25) is 0 Å². The first-order valence-corrected chi connectivity index (χ1v) is 10.9. The molecule has 7 heteroatoms. The monoisotopic (exact) mass is 398 g/mol. The summed E-state index contributed by atoms with van der Waals surface area (Å²) in [5.74, 6) is 0.976. The summed E-state index contributed by atoms with van der Waals surface area (Å²) in [4.78, 5) is 13.9.